The van der Waals surface area contributed by atoms with Crippen LogP contribution in [0.2, 0.25) is 0 Å². The van der Waals surface area contributed by atoms with Gasteiger partial charge >= 0.3 is 0 Å². The van der Waals surface area contributed by atoms with Crippen LogP contribution in [0, 0.1) is 11.3 Å². The van der Waals surface area contributed by atoms with E-state index in [4.69, 9.17) is 24.4 Å². The van der Waals surface area contributed by atoms with Gasteiger partial charge < -0.3 is 24.4 Å². The molecule has 6 nitrogen and oxygen atoms in total. The highest BCUT2D eigenvalue weighted by atomic mass is 16.7. The molecule has 2 aromatic rings. The summed E-state index contributed by atoms with van der Waals surface area (Å²) in [6, 6.07) is 9.18. The van der Waals surface area contributed by atoms with Crippen LogP contribution in [0.5, 0.6) is 17.2 Å². The van der Waals surface area contributed by atoms with Gasteiger partial charge in [-0.1, -0.05) is 0 Å². The van der Waals surface area contributed by atoms with Crippen LogP contribution < -0.4 is 19.9 Å². The highest BCUT2D eigenvalue weighted by molar-refractivity contribution is 5.60. The molecule has 0 saturated heterocycles. The van der Waals surface area contributed by atoms with Crippen molar-refractivity contribution >= 4 is 0 Å². The maximum absolute atomic E-state index is 9.38. The summed E-state index contributed by atoms with van der Waals surface area (Å²) in [7, 11) is 0. The molecule has 0 bridgehead atoms. The Morgan fingerprint density at radius 1 is 1.19 bits per heavy atom. The van der Waals surface area contributed by atoms with Crippen LogP contribution in [0.3, 0.4) is 0 Å². The first-order valence-corrected chi connectivity index (χ1v) is 6.32. The standard InChI is InChI=1S/C15H10N2O4/c16-6-9-14(10-2-1-3-18-10)8-4-12-13(20-7-19-12)5-11(8)21-15(9)17/h1-5,14H,7,17H2/t14-/m1/s1. The second-order valence-corrected chi connectivity index (χ2v) is 4.68. The monoisotopic (exact) mass is 282 g/mol. The van der Waals surface area contributed by atoms with Crippen LogP contribution >= 0.6 is 0 Å². The molecule has 2 aliphatic heterocycles. The van der Waals surface area contributed by atoms with E-state index in [-0.39, 0.29) is 12.7 Å². The van der Waals surface area contributed by atoms with Crippen LogP contribution in [0.15, 0.2) is 46.4 Å². The highest BCUT2D eigenvalue weighted by Crippen LogP contribution is 2.47. The molecule has 0 unspecified atom stereocenters. The molecule has 21 heavy (non-hydrogen) atoms. The van der Waals surface area contributed by atoms with E-state index in [2.05, 4.69) is 6.07 Å². The summed E-state index contributed by atoms with van der Waals surface area (Å²) in [6.07, 6.45) is 1.56. The van der Waals surface area contributed by atoms with E-state index in [0.717, 1.165) is 5.56 Å². The smallest absolute Gasteiger partial charge is 0.231 e. The van der Waals surface area contributed by atoms with E-state index >= 15 is 0 Å². The third-order valence-corrected chi connectivity index (χ3v) is 3.54. The van der Waals surface area contributed by atoms with Crippen LogP contribution in [0.1, 0.15) is 17.2 Å². The fourth-order valence-corrected chi connectivity index (χ4v) is 2.59. The second-order valence-electron chi connectivity index (χ2n) is 4.68. The summed E-state index contributed by atoms with van der Waals surface area (Å²) < 4.78 is 21.7. The molecule has 2 N–H and O–H groups in total. The average molecular weight is 282 g/mol. The number of rotatable bonds is 1. The van der Waals surface area contributed by atoms with Crippen molar-refractivity contribution < 1.29 is 18.6 Å². The van der Waals surface area contributed by atoms with Crippen molar-refractivity contribution in [2.45, 2.75) is 5.92 Å². The van der Waals surface area contributed by atoms with Gasteiger partial charge in [0.15, 0.2) is 11.5 Å². The summed E-state index contributed by atoms with van der Waals surface area (Å²) in [5.41, 5.74) is 6.95. The van der Waals surface area contributed by atoms with Gasteiger partial charge in [0.25, 0.3) is 0 Å². The van der Waals surface area contributed by atoms with E-state index in [9.17, 15) is 5.26 Å². The molecule has 1 aromatic heterocycles. The lowest BCUT2D eigenvalue weighted by Crippen LogP contribution is -2.20. The molecule has 4 rings (SSSR count). The summed E-state index contributed by atoms with van der Waals surface area (Å²) in [5.74, 6) is 2.04. The first-order valence-electron chi connectivity index (χ1n) is 6.32. The Hall–Kier alpha value is -3.07. The van der Waals surface area contributed by atoms with Gasteiger partial charge in [-0.2, -0.15) is 5.26 Å². The van der Waals surface area contributed by atoms with E-state index < -0.39 is 5.92 Å². The normalized spacial score (nSPS) is 18.9. The number of hydrogen-bond acceptors (Lipinski definition) is 6. The summed E-state index contributed by atoms with van der Waals surface area (Å²) in [5, 5.41) is 9.38. The van der Waals surface area contributed by atoms with Gasteiger partial charge in [0.05, 0.1) is 12.2 Å². The third kappa shape index (κ3) is 1.64. The molecular weight excluding hydrogens is 272 g/mol. The largest absolute Gasteiger partial charge is 0.468 e. The summed E-state index contributed by atoms with van der Waals surface area (Å²) in [6.45, 7) is 0.164. The van der Waals surface area contributed by atoms with Gasteiger partial charge in [-0.05, 0) is 18.2 Å². The first-order chi connectivity index (χ1) is 10.3. The maximum Gasteiger partial charge on any atom is 0.231 e. The van der Waals surface area contributed by atoms with Gasteiger partial charge in [0.2, 0.25) is 12.7 Å². The quantitative estimate of drug-likeness (QED) is 0.862. The molecule has 0 radical (unpaired) electrons. The molecule has 6 heteroatoms. The molecule has 0 fully saturated rings. The summed E-state index contributed by atoms with van der Waals surface area (Å²) in [4.78, 5) is 0. The number of fused-ring (bicyclic) bond motifs is 2. The van der Waals surface area contributed by atoms with Gasteiger partial charge in [0.1, 0.15) is 23.2 Å². The van der Waals surface area contributed by atoms with E-state index in [1.54, 1.807) is 30.5 Å². The zero-order valence-corrected chi connectivity index (χ0v) is 10.8. The number of nitriles is 1. The van der Waals surface area contributed by atoms with Crippen LogP contribution in [0.25, 0.3) is 0 Å². The van der Waals surface area contributed by atoms with Crippen molar-refractivity contribution in [3.63, 3.8) is 0 Å². The van der Waals surface area contributed by atoms with Crippen molar-refractivity contribution in [1.29, 1.82) is 5.26 Å². The molecule has 0 spiro atoms. The van der Waals surface area contributed by atoms with Gasteiger partial charge in [-0.3, -0.25) is 0 Å². The molecule has 0 aliphatic carbocycles. The van der Waals surface area contributed by atoms with Crippen molar-refractivity contribution in [3.8, 4) is 23.3 Å². The molecule has 0 amide bonds. The number of benzene rings is 1. The highest BCUT2D eigenvalue weighted by Gasteiger charge is 2.34. The Labute approximate surface area is 119 Å². The molecule has 2 aliphatic rings. The first kappa shape index (κ1) is 11.7. The number of nitrogens with two attached hydrogens (primary N) is 1. The van der Waals surface area contributed by atoms with Crippen LogP contribution in [-0.2, 0) is 0 Å². The Bertz CT molecular complexity index is 787. The minimum atomic E-state index is -0.414. The molecular formula is C15H10N2O4. The zero-order valence-electron chi connectivity index (χ0n) is 10.8. The number of ether oxygens (including phenoxy) is 3. The van der Waals surface area contributed by atoms with Crippen molar-refractivity contribution in [2.24, 2.45) is 5.73 Å². The average Bonchev–Trinajstić information content (AvgIpc) is 3.14. The van der Waals surface area contributed by atoms with Crippen molar-refractivity contribution in [2.75, 3.05) is 6.79 Å². The molecule has 104 valence electrons. The zero-order chi connectivity index (χ0) is 14.4. The fraction of sp³-hybridized carbons (Fsp3) is 0.133. The lowest BCUT2D eigenvalue weighted by Gasteiger charge is -2.24. The predicted octanol–water partition coefficient (Wildman–Crippen LogP) is 2.23. The SMILES string of the molecule is N#CC1=C(N)Oc2cc3c(cc2[C@H]1c1ccco1)OCO3. The molecule has 1 atom stereocenters. The van der Waals surface area contributed by atoms with Crippen molar-refractivity contribution in [3.05, 3.63) is 53.3 Å². The number of furan rings is 1. The predicted molar refractivity (Wildman–Crippen MR) is 70.6 cm³/mol. The maximum atomic E-state index is 9.38. The number of allylic oxidation sites excluding steroid dienone is 1. The minimum Gasteiger partial charge on any atom is -0.468 e. The summed E-state index contributed by atoms with van der Waals surface area (Å²) >= 11 is 0. The van der Waals surface area contributed by atoms with Crippen molar-refractivity contribution in [1.82, 2.24) is 0 Å². The molecule has 3 heterocycles. The lowest BCUT2D eigenvalue weighted by molar-refractivity contribution is 0.174. The third-order valence-electron chi connectivity index (χ3n) is 3.54. The van der Waals surface area contributed by atoms with E-state index in [0.29, 0.717) is 28.6 Å². The van der Waals surface area contributed by atoms with Gasteiger partial charge in [-0.25, -0.2) is 0 Å². The van der Waals surface area contributed by atoms with Crippen LogP contribution in [0.4, 0.5) is 0 Å². The minimum absolute atomic E-state index is 0.0743. The number of nitrogens with zero attached hydrogens (tertiary/aromatic N) is 1. The van der Waals surface area contributed by atoms with E-state index in [1.807, 2.05) is 0 Å². The van der Waals surface area contributed by atoms with Gasteiger partial charge in [-0.15, -0.1) is 0 Å². The van der Waals surface area contributed by atoms with E-state index in [1.165, 1.54) is 0 Å². The lowest BCUT2D eigenvalue weighted by atomic mass is 9.87. The molecule has 1 aromatic carbocycles. The Balaban J connectivity index is 1.94. The Kier molecular flexibility index (Phi) is 2.35. The Morgan fingerprint density at radius 2 is 2.00 bits per heavy atom. The van der Waals surface area contributed by atoms with Gasteiger partial charge in [0, 0.05) is 11.6 Å². The molecule has 0 saturated carbocycles. The Morgan fingerprint density at radius 3 is 2.71 bits per heavy atom. The number of hydrogen-bond donors (Lipinski definition) is 1. The van der Waals surface area contributed by atoms with Crippen LogP contribution in [-0.4, -0.2) is 6.79 Å². The second kappa shape index (κ2) is 4.21. The fourth-order valence-electron chi connectivity index (χ4n) is 2.59. The topological polar surface area (TPSA) is 90.6 Å².